The largest absolute Gasteiger partial charge is 0.456 e. The van der Waals surface area contributed by atoms with E-state index in [2.05, 4.69) is 18.7 Å². The Balaban J connectivity index is 1.91. The summed E-state index contributed by atoms with van der Waals surface area (Å²) < 4.78 is 24.8. The highest BCUT2D eigenvalue weighted by molar-refractivity contribution is 5.78. The van der Waals surface area contributed by atoms with Crippen LogP contribution in [0.2, 0.25) is 0 Å². The van der Waals surface area contributed by atoms with E-state index in [1.54, 1.807) is 6.07 Å². The lowest BCUT2D eigenvalue weighted by Crippen LogP contribution is -2.55. The maximum Gasteiger partial charge on any atom is 0.169 e. The van der Waals surface area contributed by atoms with Gasteiger partial charge in [-0.2, -0.15) is 0 Å². The van der Waals surface area contributed by atoms with E-state index in [1.807, 2.05) is 12.1 Å². The molecule has 0 saturated carbocycles. The van der Waals surface area contributed by atoms with Crippen molar-refractivity contribution in [1.29, 1.82) is 0 Å². The third-order valence-corrected chi connectivity index (χ3v) is 4.41. The number of fused-ring (bicyclic) bond motifs is 1. The number of rotatable bonds is 3. The van der Waals surface area contributed by atoms with Gasteiger partial charge in [0.15, 0.2) is 11.4 Å². The Morgan fingerprint density at radius 3 is 2.67 bits per heavy atom. The number of benzene rings is 1. The second-order valence-electron chi connectivity index (χ2n) is 6.04. The fraction of sp³-hybridized carbons (Fsp3) is 0.500. The summed E-state index contributed by atoms with van der Waals surface area (Å²) in [5.74, 6) is 0.265. The molecule has 0 spiro atoms. The summed E-state index contributed by atoms with van der Waals surface area (Å²) in [7, 11) is 0. The number of nitrogens with zero attached hydrogens (tertiary/aromatic N) is 1. The first-order chi connectivity index (χ1) is 10.00. The summed E-state index contributed by atoms with van der Waals surface area (Å²) in [5.41, 5.74) is 6.41. The van der Waals surface area contributed by atoms with Gasteiger partial charge in [0.2, 0.25) is 0 Å². The van der Waals surface area contributed by atoms with Crippen molar-refractivity contribution in [3.63, 3.8) is 0 Å². The molecule has 5 heteroatoms. The van der Waals surface area contributed by atoms with Crippen molar-refractivity contribution in [3.05, 3.63) is 35.8 Å². The molecule has 21 heavy (non-hydrogen) atoms. The minimum Gasteiger partial charge on any atom is -0.456 e. The summed E-state index contributed by atoms with van der Waals surface area (Å²) in [6.07, 6.45) is 0. The van der Waals surface area contributed by atoms with E-state index in [9.17, 15) is 4.39 Å². The maximum atomic E-state index is 13.8. The van der Waals surface area contributed by atoms with Crippen LogP contribution in [0.15, 0.2) is 28.7 Å². The van der Waals surface area contributed by atoms with Crippen LogP contribution in [-0.4, -0.2) is 36.7 Å². The van der Waals surface area contributed by atoms with Gasteiger partial charge in [0.1, 0.15) is 5.76 Å². The van der Waals surface area contributed by atoms with Crippen LogP contribution in [0.4, 0.5) is 4.39 Å². The molecule has 1 saturated heterocycles. The van der Waals surface area contributed by atoms with E-state index in [1.165, 1.54) is 6.07 Å². The number of ether oxygens (including phenoxy) is 1. The Bertz CT molecular complexity index is 632. The van der Waals surface area contributed by atoms with E-state index >= 15 is 0 Å². The molecule has 1 aromatic carbocycles. The minimum atomic E-state index is -0.352. The highest BCUT2D eigenvalue weighted by Crippen LogP contribution is 2.33. The Hall–Kier alpha value is -1.43. The van der Waals surface area contributed by atoms with Gasteiger partial charge >= 0.3 is 0 Å². The highest BCUT2D eigenvalue weighted by atomic mass is 19.1. The molecule has 1 aromatic heterocycles. The van der Waals surface area contributed by atoms with Crippen molar-refractivity contribution in [3.8, 4) is 0 Å². The second kappa shape index (κ2) is 5.40. The first-order valence-electron chi connectivity index (χ1n) is 7.26. The summed E-state index contributed by atoms with van der Waals surface area (Å²) in [5, 5.41) is 0.748. The topological polar surface area (TPSA) is 51.6 Å². The molecule has 2 N–H and O–H groups in total. The molecule has 114 valence electrons. The van der Waals surface area contributed by atoms with Gasteiger partial charge in [0, 0.05) is 24.0 Å². The molecule has 0 radical (unpaired) electrons. The highest BCUT2D eigenvalue weighted by Gasteiger charge is 2.36. The summed E-state index contributed by atoms with van der Waals surface area (Å²) in [4.78, 5) is 2.30. The molecular formula is C16H21FN2O2. The molecule has 2 aromatic rings. The molecule has 1 aliphatic heterocycles. The zero-order valence-electron chi connectivity index (χ0n) is 12.4. The number of para-hydroxylation sites is 1. The Kier molecular flexibility index (Phi) is 3.73. The van der Waals surface area contributed by atoms with Crippen molar-refractivity contribution >= 4 is 11.0 Å². The van der Waals surface area contributed by atoms with E-state index in [4.69, 9.17) is 14.9 Å². The first kappa shape index (κ1) is 14.5. The fourth-order valence-electron chi connectivity index (χ4n) is 2.89. The third-order valence-electron chi connectivity index (χ3n) is 4.41. The van der Waals surface area contributed by atoms with Gasteiger partial charge < -0.3 is 14.9 Å². The quantitative estimate of drug-likeness (QED) is 0.945. The van der Waals surface area contributed by atoms with Crippen LogP contribution in [0.5, 0.6) is 0 Å². The summed E-state index contributed by atoms with van der Waals surface area (Å²) >= 11 is 0. The predicted octanol–water partition coefficient (Wildman–Crippen LogP) is 2.68. The van der Waals surface area contributed by atoms with Gasteiger partial charge in [-0.1, -0.05) is 12.1 Å². The molecule has 1 fully saturated rings. The zero-order valence-corrected chi connectivity index (χ0v) is 12.4. The van der Waals surface area contributed by atoms with Gasteiger partial charge in [0.25, 0.3) is 0 Å². The maximum absolute atomic E-state index is 13.8. The number of morpholine rings is 1. The first-order valence-corrected chi connectivity index (χ1v) is 7.26. The van der Waals surface area contributed by atoms with Crippen LogP contribution in [0, 0.1) is 5.82 Å². The molecule has 0 bridgehead atoms. The van der Waals surface area contributed by atoms with Crippen LogP contribution in [0.3, 0.4) is 0 Å². The number of hydrogen-bond donors (Lipinski definition) is 1. The van der Waals surface area contributed by atoms with E-state index in [-0.39, 0.29) is 23.0 Å². The van der Waals surface area contributed by atoms with Gasteiger partial charge in [-0.05, 0) is 26.0 Å². The third kappa shape index (κ3) is 2.57. The second-order valence-corrected chi connectivity index (χ2v) is 6.04. The smallest absolute Gasteiger partial charge is 0.169 e. The molecule has 1 atom stereocenters. The fourth-order valence-corrected chi connectivity index (χ4v) is 2.89. The molecule has 3 rings (SSSR count). The van der Waals surface area contributed by atoms with Crippen LogP contribution in [-0.2, 0) is 4.74 Å². The molecule has 4 nitrogen and oxygen atoms in total. The predicted molar refractivity (Wildman–Crippen MR) is 79.6 cm³/mol. The monoisotopic (exact) mass is 292 g/mol. The van der Waals surface area contributed by atoms with Crippen molar-refractivity contribution in [2.45, 2.75) is 25.4 Å². The zero-order chi connectivity index (χ0) is 15.0. The number of furan rings is 1. The molecule has 1 aliphatic rings. The SMILES string of the molecule is CC(C)(C(N)c1cc2cccc(F)c2o1)N1CCOCC1. The average molecular weight is 292 g/mol. The Labute approximate surface area is 123 Å². The van der Waals surface area contributed by atoms with E-state index in [0.717, 1.165) is 18.5 Å². The summed E-state index contributed by atoms with van der Waals surface area (Å²) in [6, 6.07) is 6.41. The average Bonchev–Trinajstić information content (AvgIpc) is 2.93. The van der Waals surface area contributed by atoms with Gasteiger partial charge in [-0.3, -0.25) is 4.90 Å². The number of hydrogen-bond acceptors (Lipinski definition) is 4. The lowest BCUT2D eigenvalue weighted by atomic mass is 9.90. The molecule has 1 unspecified atom stereocenters. The van der Waals surface area contributed by atoms with Crippen LogP contribution in [0.25, 0.3) is 11.0 Å². The van der Waals surface area contributed by atoms with Crippen LogP contribution in [0.1, 0.15) is 25.6 Å². The minimum absolute atomic E-state index is 0.278. The van der Waals surface area contributed by atoms with Crippen molar-refractivity contribution in [2.24, 2.45) is 5.73 Å². The molecular weight excluding hydrogens is 271 g/mol. The summed E-state index contributed by atoms with van der Waals surface area (Å²) in [6.45, 7) is 7.29. The van der Waals surface area contributed by atoms with Crippen molar-refractivity contribution in [2.75, 3.05) is 26.3 Å². The number of nitrogens with two attached hydrogens (primary N) is 1. The van der Waals surface area contributed by atoms with Crippen molar-refractivity contribution in [1.82, 2.24) is 4.90 Å². The standard InChI is InChI=1S/C16H21FN2O2/c1-16(2,19-6-8-20-9-7-19)15(18)13-10-11-4-3-5-12(17)14(11)21-13/h3-5,10,15H,6-9,18H2,1-2H3. The van der Waals surface area contributed by atoms with Crippen molar-refractivity contribution < 1.29 is 13.5 Å². The van der Waals surface area contributed by atoms with Gasteiger partial charge in [-0.25, -0.2) is 4.39 Å². The Morgan fingerprint density at radius 1 is 1.29 bits per heavy atom. The van der Waals surface area contributed by atoms with Gasteiger partial charge in [-0.15, -0.1) is 0 Å². The molecule has 0 amide bonds. The molecule has 2 heterocycles. The number of halogens is 1. The van der Waals surface area contributed by atoms with Gasteiger partial charge in [0.05, 0.1) is 19.3 Å². The molecule has 0 aliphatic carbocycles. The Morgan fingerprint density at radius 2 is 2.00 bits per heavy atom. The van der Waals surface area contributed by atoms with Crippen LogP contribution >= 0.6 is 0 Å². The van der Waals surface area contributed by atoms with Crippen LogP contribution < -0.4 is 5.73 Å². The lowest BCUT2D eigenvalue weighted by molar-refractivity contribution is -0.0211. The lowest BCUT2D eigenvalue weighted by Gasteiger charge is -2.43. The normalized spacial score (nSPS) is 19.0. The van der Waals surface area contributed by atoms with E-state index in [0.29, 0.717) is 19.0 Å². The van der Waals surface area contributed by atoms with E-state index < -0.39 is 0 Å².